The van der Waals surface area contributed by atoms with E-state index in [0.717, 1.165) is 15.8 Å². The van der Waals surface area contributed by atoms with Crippen LogP contribution in [0.5, 0.6) is 0 Å². The molecule has 4 aromatic carbocycles. The number of hydrogen-bond acceptors (Lipinski definition) is 10. The van der Waals surface area contributed by atoms with Crippen molar-refractivity contribution in [2.75, 3.05) is 5.43 Å². The molecule has 0 aliphatic heterocycles. The summed E-state index contributed by atoms with van der Waals surface area (Å²) >= 11 is 2.60. The zero-order valence-corrected chi connectivity index (χ0v) is 25.6. The van der Waals surface area contributed by atoms with Crippen LogP contribution in [0.3, 0.4) is 0 Å². The zero-order chi connectivity index (χ0) is 30.5. The lowest BCUT2D eigenvalue weighted by molar-refractivity contribution is 0.481. The van der Waals surface area contributed by atoms with Crippen molar-refractivity contribution >= 4 is 74.7 Å². The predicted octanol–water partition coefficient (Wildman–Crippen LogP) is 7.46. The van der Waals surface area contributed by atoms with Crippen LogP contribution in [-0.4, -0.2) is 35.9 Å². The smallest absolute Gasteiger partial charge is 0.282 e. The van der Waals surface area contributed by atoms with Gasteiger partial charge in [0.15, 0.2) is 0 Å². The molecule has 2 heterocycles. The van der Waals surface area contributed by atoms with Crippen molar-refractivity contribution in [3.8, 4) is 21.1 Å². The first kappa shape index (κ1) is 29.0. The monoisotopic (exact) mass is 651 g/mol. The van der Waals surface area contributed by atoms with E-state index in [4.69, 9.17) is 0 Å². The number of rotatable bonds is 7. The highest BCUT2D eigenvalue weighted by atomic mass is 32.2. The second-order valence-corrected chi connectivity index (χ2v) is 14.3. The van der Waals surface area contributed by atoms with Gasteiger partial charge in [0.05, 0.1) is 36.7 Å². The largest absolute Gasteiger partial charge is 0.296 e. The lowest BCUT2D eigenvalue weighted by atomic mass is 10.2. The molecule has 2 aromatic heterocycles. The van der Waals surface area contributed by atoms with Crippen LogP contribution in [0.1, 0.15) is 11.1 Å². The zero-order valence-electron chi connectivity index (χ0n) is 22.4. The molecular formula is C28H21N5O6S4. The third-order valence-corrected chi connectivity index (χ3v) is 10.9. The van der Waals surface area contributed by atoms with Crippen LogP contribution >= 0.6 is 22.7 Å². The highest BCUT2D eigenvalue weighted by Crippen LogP contribution is 2.37. The Bertz CT molecular complexity index is 2280. The van der Waals surface area contributed by atoms with Crippen molar-refractivity contribution in [3.05, 3.63) is 83.9 Å². The molecule has 3 N–H and O–H groups in total. The maximum absolute atomic E-state index is 11.9. The van der Waals surface area contributed by atoms with Gasteiger partial charge in [-0.15, -0.1) is 27.8 Å². The Labute approximate surface area is 254 Å². The molecule has 0 unspecified atom stereocenters. The second-order valence-electron chi connectivity index (χ2n) is 9.57. The molecule has 0 saturated heterocycles. The van der Waals surface area contributed by atoms with Crippen molar-refractivity contribution in [1.82, 2.24) is 9.97 Å². The first-order valence-corrected chi connectivity index (χ1v) is 17.0. The fourth-order valence-electron chi connectivity index (χ4n) is 4.47. The summed E-state index contributed by atoms with van der Waals surface area (Å²) in [7, 11) is -8.72. The summed E-state index contributed by atoms with van der Waals surface area (Å²) in [6.07, 6.45) is 0. The van der Waals surface area contributed by atoms with Crippen LogP contribution in [0.25, 0.3) is 41.6 Å². The minimum atomic E-state index is -4.39. The molecule has 0 atom stereocenters. The highest BCUT2D eigenvalue weighted by Gasteiger charge is 2.21. The van der Waals surface area contributed by atoms with Gasteiger partial charge in [-0.1, -0.05) is 11.3 Å². The van der Waals surface area contributed by atoms with Gasteiger partial charge >= 0.3 is 0 Å². The summed E-state index contributed by atoms with van der Waals surface area (Å²) in [5.74, 6) is 0. The van der Waals surface area contributed by atoms with E-state index in [0.29, 0.717) is 48.3 Å². The van der Waals surface area contributed by atoms with E-state index in [1.165, 1.54) is 28.7 Å². The number of nitrogens with one attached hydrogen (secondary N) is 1. The normalized spacial score (nSPS) is 12.5. The molecule has 0 spiro atoms. The number of fused-ring (bicyclic) bond motifs is 2. The SMILES string of the molecule is Cc1cc2sc(-c3ccc(NN=Nc4ccc(-c5nc6ccc(C)c(S(=O)(=O)O)c6s5)cc4)cc3)nc2cc1S(=O)(=O)O. The van der Waals surface area contributed by atoms with Crippen molar-refractivity contribution in [3.63, 3.8) is 0 Å². The molecule has 6 aromatic rings. The van der Waals surface area contributed by atoms with Crippen LogP contribution in [0.4, 0.5) is 11.4 Å². The minimum absolute atomic E-state index is 0.122. The summed E-state index contributed by atoms with van der Waals surface area (Å²) in [4.78, 5) is 8.78. The Morgan fingerprint density at radius 2 is 1.35 bits per heavy atom. The molecule has 6 rings (SSSR count). The van der Waals surface area contributed by atoms with E-state index in [-0.39, 0.29) is 9.79 Å². The fraction of sp³-hybridized carbons (Fsp3) is 0.0714. The summed E-state index contributed by atoms with van der Waals surface area (Å²) in [5.41, 5.74) is 7.62. The van der Waals surface area contributed by atoms with Crippen molar-refractivity contribution < 1.29 is 25.9 Å². The van der Waals surface area contributed by atoms with Gasteiger partial charge in [-0.2, -0.15) is 16.8 Å². The van der Waals surface area contributed by atoms with Crippen LogP contribution in [-0.2, 0) is 20.2 Å². The van der Waals surface area contributed by atoms with E-state index in [2.05, 4.69) is 25.7 Å². The summed E-state index contributed by atoms with van der Waals surface area (Å²) < 4.78 is 67.4. The maximum atomic E-state index is 11.9. The lowest BCUT2D eigenvalue weighted by Gasteiger charge is -2.02. The van der Waals surface area contributed by atoms with Gasteiger partial charge in [-0.05, 0) is 91.7 Å². The number of nitrogens with zero attached hydrogens (tertiary/aromatic N) is 4. The number of benzene rings is 4. The van der Waals surface area contributed by atoms with Crippen LogP contribution in [0.15, 0.2) is 92.9 Å². The van der Waals surface area contributed by atoms with Crippen molar-refractivity contribution in [1.29, 1.82) is 0 Å². The number of aromatic nitrogens is 2. The third kappa shape index (κ3) is 5.90. The minimum Gasteiger partial charge on any atom is -0.282 e. The number of aryl methyl sites for hydroxylation is 2. The molecule has 0 saturated carbocycles. The summed E-state index contributed by atoms with van der Waals surface area (Å²) in [6, 6.07) is 20.9. The van der Waals surface area contributed by atoms with Gasteiger partial charge in [0.25, 0.3) is 20.2 Å². The molecule has 0 aliphatic rings. The van der Waals surface area contributed by atoms with Gasteiger partial charge in [0.2, 0.25) is 0 Å². The van der Waals surface area contributed by atoms with E-state index in [9.17, 15) is 25.9 Å². The molecule has 218 valence electrons. The Kier molecular flexibility index (Phi) is 7.32. The molecule has 15 heteroatoms. The Hall–Kier alpha value is -4.12. The predicted molar refractivity (Wildman–Crippen MR) is 167 cm³/mol. The van der Waals surface area contributed by atoms with E-state index < -0.39 is 20.2 Å². The van der Waals surface area contributed by atoms with E-state index >= 15 is 0 Å². The van der Waals surface area contributed by atoms with Gasteiger partial charge in [-0.3, -0.25) is 14.5 Å². The Morgan fingerprint density at radius 3 is 2.00 bits per heavy atom. The van der Waals surface area contributed by atoms with E-state index in [1.807, 2.05) is 24.3 Å². The molecule has 11 nitrogen and oxygen atoms in total. The molecule has 0 fully saturated rings. The third-order valence-electron chi connectivity index (χ3n) is 6.52. The van der Waals surface area contributed by atoms with Gasteiger partial charge in [0.1, 0.15) is 14.9 Å². The quantitative estimate of drug-likeness (QED) is 0.0900. The van der Waals surface area contributed by atoms with Crippen LogP contribution < -0.4 is 5.43 Å². The Balaban J connectivity index is 1.15. The standard InChI is InChI=1S/C28H21N5O6S4/c1-15-3-12-21-25(26(15)43(37,38)39)41-28(29-21)18-6-10-20(11-7-18)32-33-31-19-8-4-17(5-9-19)27-30-22-14-24(42(34,35)36)16(2)13-23(22)40-27/h3-14H,1-2H3,(H,31,32)(H,34,35,36)(H,37,38,39). The van der Waals surface area contributed by atoms with Crippen LogP contribution in [0.2, 0.25) is 0 Å². The lowest BCUT2D eigenvalue weighted by Crippen LogP contribution is -2.00. The summed E-state index contributed by atoms with van der Waals surface area (Å²) in [6.45, 7) is 3.25. The highest BCUT2D eigenvalue weighted by molar-refractivity contribution is 7.86. The number of hydrogen-bond donors (Lipinski definition) is 3. The first-order chi connectivity index (χ1) is 20.4. The van der Waals surface area contributed by atoms with Gasteiger partial charge in [-0.25, -0.2) is 9.97 Å². The maximum Gasteiger partial charge on any atom is 0.296 e. The molecule has 0 amide bonds. The number of anilines is 1. The molecule has 0 aliphatic carbocycles. The average Bonchev–Trinajstić information content (AvgIpc) is 3.56. The number of thiazole rings is 2. The van der Waals surface area contributed by atoms with Gasteiger partial charge < -0.3 is 0 Å². The summed E-state index contributed by atoms with van der Waals surface area (Å²) in [5, 5.41) is 9.55. The van der Waals surface area contributed by atoms with Gasteiger partial charge in [0, 0.05) is 11.1 Å². The van der Waals surface area contributed by atoms with Crippen LogP contribution in [0, 0.1) is 13.8 Å². The molecular weight excluding hydrogens is 631 g/mol. The van der Waals surface area contributed by atoms with Crippen molar-refractivity contribution in [2.24, 2.45) is 10.3 Å². The Morgan fingerprint density at radius 1 is 0.721 bits per heavy atom. The second kappa shape index (κ2) is 10.9. The molecule has 43 heavy (non-hydrogen) atoms. The molecule has 0 radical (unpaired) electrons. The molecule has 0 bridgehead atoms. The van der Waals surface area contributed by atoms with Crippen molar-refractivity contribution in [2.45, 2.75) is 23.6 Å². The average molecular weight is 652 g/mol. The fourth-order valence-corrected chi connectivity index (χ4v) is 8.56. The first-order valence-electron chi connectivity index (χ1n) is 12.5. The van der Waals surface area contributed by atoms with E-state index in [1.54, 1.807) is 56.3 Å². The topological polar surface area (TPSA) is 171 Å².